The molecule has 1 aromatic rings. The van der Waals surface area contributed by atoms with Crippen LogP contribution in [0.15, 0.2) is 16.6 Å². The lowest BCUT2D eigenvalue weighted by Gasteiger charge is -2.20. The van der Waals surface area contributed by atoms with E-state index in [9.17, 15) is 4.39 Å². The average Bonchev–Trinajstić information content (AvgIpc) is 2.10. The van der Waals surface area contributed by atoms with Crippen LogP contribution in [0.25, 0.3) is 0 Å². The normalized spacial score (nSPS) is 12.2. The minimum Gasteiger partial charge on any atom is -0.325 e. The summed E-state index contributed by atoms with van der Waals surface area (Å²) in [7, 11) is 0. The van der Waals surface area contributed by atoms with Crippen LogP contribution in [0.1, 0.15) is 44.7 Å². The molecule has 1 rings (SSSR count). The number of nitrogens with two attached hydrogens (primary N) is 1. The van der Waals surface area contributed by atoms with Crippen molar-refractivity contribution in [3.05, 3.63) is 33.5 Å². The predicted octanol–water partition coefficient (Wildman–Crippen LogP) is 3.99. The van der Waals surface area contributed by atoms with E-state index in [1.807, 2.05) is 26.0 Å². The van der Waals surface area contributed by atoms with Crippen molar-refractivity contribution >= 4 is 15.9 Å². The van der Waals surface area contributed by atoms with Gasteiger partial charge in [0.2, 0.25) is 0 Å². The molecule has 90 valence electrons. The molecule has 16 heavy (non-hydrogen) atoms. The van der Waals surface area contributed by atoms with E-state index in [-0.39, 0.29) is 5.82 Å². The molecule has 1 aromatic carbocycles. The van der Waals surface area contributed by atoms with E-state index in [4.69, 9.17) is 5.73 Å². The Morgan fingerprint density at radius 3 is 2.38 bits per heavy atom. The van der Waals surface area contributed by atoms with Gasteiger partial charge in [0.05, 0.1) is 4.47 Å². The number of hydrogen-bond donors (Lipinski definition) is 1. The Balaban J connectivity index is 3.17. The van der Waals surface area contributed by atoms with Crippen LogP contribution in [0.3, 0.4) is 0 Å². The summed E-state index contributed by atoms with van der Waals surface area (Å²) in [4.78, 5) is 0. The van der Waals surface area contributed by atoms with Crippen LogP contribution >= 0.6 is 15.9 Å². The third-order valence-corrected chi connectivity index (χ3v) is 3.02. The van der Waals surface area contributed by atoms with Crippen LogP contribution < -0.4 is 5.73 Å². The zero-order valence-electron chi connectivity index (χ0n) is 10.3. The molecule has 0 amide bonds. The predicted molar refractivity (Wildman–Crippen MR) is 70.2 cm³/mol. The van der Waals surface area contributed by atoms with Crippen LogP contribution in [0.2, 0.25) is 0 Å². The van der Waals surface area contributed by atoms with Gasteiger partial charge in [-0.25, -0.2) is 4.39 Å². The monoisotopic (exact) mass is 287 g/mol. The fourth-order valence-corrected chi connectivity index (χ4v) is 2.14. The molecule has 1 nitrogen and oxygen atoms in total. The van der Waals surface area contributed by atoms with Crippen LogP contribution in [0, 0.1) is 5.82 Å². The number of hydrogen-bond acceptors (Lipinski definition) is 1. The van der Waals surface area contributed by atoms with E-state index < -0.39 is 5.54 Å². The summed E-state index contributed by atoms with van der Waals surface area (Å²) < 4.78 is 14.4. The highest BCUT2D eigenvalue weighted by Crippen LogP contribution is 2.27. The number of halogens is 2. The van der Waals surface area contributed by atoms with Crippen molar-refractivity contribution in [3.8, 4) is 0 Å². The van der Waals surface area contributed by atoms with Gasteiger partial charge in [-0.3, -0.25) is 0 Å². The molecule has 0 saturated heterocycles. The van der Waals surface area contributed by atoms with E-state index in [1.165, 1.54) is 0 Å². The van der Waals surface area contributed by atoms with Gasteiger partial charge in [-0.1, -0.05) is 19.9 Å². The molecule has 0 unspecified atom stereocenters. The Morgan fingerprint density at radius 1 is 1.38 bits per heavy atom. The SMILES string of the molecule is CC(C)c1cc(Br)c(F)c(CC(C)(C)N)c1. The first-order valence-electron chi connectivity index (χ1n) is 5.47. The number of rotatable bonds is 3. The second kappa shape index (κ2) is 4.84. The molecule has 0 spiro atoms. The molecule has 0 bridgehead atoms. The maximum atomic E-state index is 13.9. The lowest BCUT2D eigenvalue weighted by atomic mass is 9.92. The first-order chi connectivity index (χ1) is 7.20. The summed E-state index contributed by atoms with van der Waals surface area (Å²) in [5.41, 5.74) is 7.36. The molecule has 0 aliphatic rings. The second-order valence-electron chi connectivity index (χ2n) is 5.30. The van der Waals surface area contributed by atoms with Crippen molar-refractivity contribution in [2.24, 2.45) is 5.73 Å². The molecule has 0 heterocycles. The first-order valence-corrected chi connectivity index (χ1v) is 6.26. The highest BCUT2D eigenvalue weighted by molar-refractivity contribution is 9.10. The first kappa shape index (κ1) is 13.7. The summed E-state index contributed by atoms with van der Waals surface area (Å²) in [5.74, 6) is 0.194. The molecular weight excluding hydrogens is 269 g/mol. The van der Waals surface area contributed by atoms with Gasteiger partial charge in [-0.05, 0) is 59.3 Å². The topological polar surface area (TPSA) is 26.0 Å². The van der Waals surface area contributed by atoms with Gasteiger partial charge in [-0.15, -0.1) is 0 Å². The van der Waals surface area contributed by atoms with Crippen molar-refractivity contribution in [3.63, 3.8) is 0 Å². The maximum absolute atomic E-state index is 13.9. The van der Waals surface area contributed by atoms with Crippen molar-refractivity contribution in [2.75, 3.05) is 0 Å². The summed E-state index contributed by atoms with van der Waals surface area (Å²) >= 11 is 3.26. The molecule has 0 saturated carbocycles. The van der Waals surface area contributed by atoms with Gasteiger partial charge in [-0.2, -0.15) is 0 Å². The zero-order chi connectivity index (χ0) is 12.5. The molecule has 0 radical (unpaired) electrons. The van der Waals surface area contributed by atoms with E-state index in [1.54, 1.807) is 0 Å². The van der Waals surface area contributed by atoms with E-state index in [2.05, 4.69) is 29.8 Å². The molecular formula is C13H19BrFN. The third kappa shape index (κ3) is 3.56. The van der Waals surface area contributed by atoms with Crippen molar-refractivity contribution < 1.29 is 4.39 Å². The summed E-state index contributed by atoms with van der Waals surface area (Å²) in [5, 5.41) is 0. The average molecular weight is 288 g/mol. The smallest absolute Gasteiger partial charge is 0.140 e. The van der Waals surface area contributed by atoms with Gasteiger partial charge < -0.3 is 5.73 Å². The van der Waals surface area contributed by atoms with Crippen LogP contribution in [-0.2, 0) is 6.42 Å². The summed E-state index contributed by atoms with van der Waals surface area (Å²) in [6.45, 7) is 8.00. The highest BCUT2D eigenvalue weighted by atomic mass is 79.9. The Bertz CT molecular complexity index is 380. The van der Waals surface area contributed by atoms with Crippen molar-refractivity contribution in [1.29, 1.82) is 0 Å². The van der Waals surface area contributed by atoms with Gasteiger partial charge in [0.15, 0.2) is 0 Å². The van der Waals surface area contributed by atoms with Gasteiger partial charge in [0, 0.05) is 5.54 Å². The quantitative estimate of drug-likeness (QED) is 0.894. The van der Waals surface area contributed by atoms with Gasteiger partial charge in [0.1, 0.15) is 5.82 Å². The molecule has 0 aliphatic heterocycles. The lowest BCUT2D eigenvalue weighted by Crippen LogP contribution is -2.34. The number of benzene rings is 1. The van der Waals surface area contributed by atoms with E-state index >= 15 is 0 Å². The Hall–Kier alpha value is -0.410. The highest BCUT2D eigenvalue weighted by Gasteiger charge is 2.17. The Morgan fingerprint density at radius 2 is 1.94 bits per heavy atom. The minimum atomic E-state index is -0.393. The fraction of sp³-hybridized carbons (Fsp3) is 0.538. The standard InChI is InChI=1S/C13H19BrFN/c1-8(2)9-5-10(7-13(3,4)16)12(15)11(14)6-9/h5-6,8H,7,16H2,1-4H3. The van der Waals surface area contributed by atoms with Crippen molar-refractivity contribution in [1.82, 2.24) is 0 Å². The zero-order valence-corrected chi connectivity index (χ0v) is 11.9. The second-order valence-corrected chi connectivity index (χ2v) is 6.15. The third-order valence-electron chi connectivity index (χ3n) is 2.44. The maximum Gasteiger partial charge on any atom is 0.140 e. The molecule has 0 atom stereocenters. The van der Waals surface area contributed by atoms with Crippen LogP contribution in [0.4, 0.5) is 4.39 Å². The lowest BCUT2D eigenvalue weighted by molar-refractivity contribution is 0.495. The molecule has 0 aromatic heterocycles. The summed E-state index contributed by atoms with van der Waals surface area (Å²) in [6, 6.07) is 3.76. The van der Waals surface area contributed by atoms with E-state index in [0.717, 1.165) is 5.56 Å². The largest absolute Gasteiger partial charge is 0.325 e. The summed E-state index contributed by atoms with van der Waals surface area (Å²) in [6.07, 6.45) is 0.540. The van der Waals surface area contributed by atoms with Crippen molar-refractivity contribution in [2.45, 2.75) is 45.6 Å². The van der Waals surface area contributed by atoms with Gasteiger partial charge in [0.25, 0.3) is 0 Å². The van der Waals surface area contributed by atoms with Crippen LogP contribution in [0.5, 0.6) is 0 Å². The van der Waals surface area contributed by atoms with E-state index in [0.29, 0.717) is 22.4 Å². The molecule has 0 aliphatic carbocycles. The molecule has 0 fully saturated rings. The van der Waals surface area contributed by atoms with Gasteiger partial charge >= 0.3 is 0 Å². The fourth-order valence-electron chi connectivity index (χ4n) is 1.62. The van der Waals surface area contributed by atoms with Crippen LogP contribution in [-0.4, -0.2) is 5.54 Å². The molecule has 3 heteroatoms. The molecule has 2 N–H and O–H groups in total. The minimum absolute atomic E-state index is 0.192. The Labute approximate surface area is 105 Å². The Kier molecular flexibility index (Phi) is 4.13.